The Balaban J connectivity index is 0.00000132. The first kappa shape index (κ1) is 19.5. The summed E-state index contributed by atoms with van der Waals surface area (Å²) in [5.74, 6) is 1.03. The van der Waals surface area contributed by atoms with Crippen LogP contribution in [0.15, 0.2) is 53.5 Å². The van der Waals surface area contributed by atoms with Gasteiger partial charge in [0.25, 0.3) is 0 Å². The van der Waals surface area contributed by atoms with E-state index < -0.39 is 0 Å². The highest BCUT2D eigenvalue weighted by Crippen LogP contribution is 2.11. The van der Waals surface area contributed by atoms with Crippen LogP contribution >= 0.6 is 24.8 Å². The Morgan fingerprint density at radius 1 is 0.826 bits per heavy atom. The zero-order valence-corrected chi connectivity index (χ0v) is 14.6. The molecule has 0 aromatic heterocycles. The lowest BCUT2D eigenvalue weighted by Crippen LogP contribution is -2.19. The fourth-order valence-corrected chi connectivity index (χ4v) is 2.55. The van der Waals surface area contributed by atoms with Crippen molar-refractivity contribution >= 4 is 30.6 Å². The quantitative estimate of drug-likeness (QED) is 0.869. The van der Waals surface area contributed by atoms with Gasteiger partial charge in [-0.25, -0.2) is 0 Å². The number of benzene rings is 2. The van der Waals surface area contributed by atoms with E-state index in [1.165, 1.54) is 22.3 Å². The van der Waals surface area contributed by atoms with Crippen LogP contribution in [0.4, 0.5) is 0 Å². The lowest BCUT2D eigenvalue weighted by atomic mass is 10.0. The van der Waals surface area contributed by atoms with Crippen LogP contribution in [0.25, 0.3) is 0 Å². The third kappa shape index (κ3) is 5.24. The summed E-state index contributed by atoms with van der Waals surface area (Å²) in [5.41, 5.74) is 10.7. The molecule has 1 heterocycles. The number of aryl methyl sites for hydroxylation is 2. The smallest absolute Gasteiger partial charge is 0.128 e. The van der Waals surface area contributed by atoms with Gasteiger partial charge in [0.2, 0.25) is 0 Å². The van der Waals surface area contributed by atoms with Crippen LogP contribution in [0.2, 0.25) is 0 Å². The van der Waals surface area contributed by atoms with Gasteiger partial charge in [0, 0.05) is 18.7 Å². The van der Waals surface area contributed by atoms with Crippen molar-refractivity contribution in [3.8, 4) is 0 Å². The van der Waals surface area contributed by atoms with Crippen molar-refractivity contribution in [2.75, 3.05) is 13.1 Å². The van der Waals surface area contributed by atoms with Crippen molar-refractivity contribution in [1.82, 2.24) is 5.32 Å². The van der Waals surface area contributed by atoms with E-state index in [0.717, 1.165) is 31.8 Å². The summed E-state index contributed by atoms with van der Waals surface area (Å²) in [6.07, 6.45) is 2.12. The minimum absolute atomic E-state index is 0. The van der Waals surface area contributed by atoms with E-state index in [4.69, 9.17) is 5.73 Å². The SMILES string of the molecule is Cl.Cl.NCc1ccc(CCc2ccc(C3=NCCN3)cc2)cc1. The second kappa shape index (κ2) is 9.56. The summed E-state index contributed by atoms with van der Waals surface area (Å²) < 4.78 is 0. The van der Waals surface area contributed by atoms with Crippen LogP contribution < -0.4 is 11.1 Å². The molecule has 2 aromatic carbocycles. The molecule has 23 heavy (non-hydrogen) atoms. The zero-order valence-electron chi connectivity index (χ0n) is 13.0. The lowest BCUT2D eigenvalue weighted by molar-refractivity contribution is 0.953. The number of nitrogens with two attached hydrogens (primary N) is 1. The molecule has 1 aliphatic heterocycles. The molecule has 3 N–H and O–H groups in total. The number of nitrogens with one attached hydrogen (secondary N) is 1. The largest absolute Gasteiger partial charge is 0.368 e. The Bertz CT molecular complexity index is 622. The van der Waals surface area contributed by atoms with Gasteiger partial charge in [0.05, 0.1) is 6.54 Å². The Labute approximate surface area is 150 Å². The van der Waals surface area contributed by atoms with E-state index >= 15 is 0 Å². The van der Waals surface area contributed by atoms with Crippen molar-refractivity contribution in [2.24, 2.45) is 10.7 Å². The summed E-state index contributed by atoms with van der Waals surface area (Å²) >= 11 is 0. The second-order valence-corrected chi connectivity index (χ2v) is 5.37. The number of nitrogens with zero attached hydrogens (tertiary/aromatic N) is 1. The molecule has 3 rings (SSSR count). The molecule has 0 aliphatic carbocycles. The molecule has 5 heteroatoms. The standard InChI is InChI=1S/C18H21N3.2ClH/c19-13-16-5-3-14(4-6-16)1-2-15-7-9-17(10-8-15)18-20-11-12-21-18;;/h3-10H,1-2,11-13,19H2,(H,20,21);2*1H. The van der Waals surface area contributed by atoms with Crippen LogP contribution in [0.3, 0.4) is 0 Å². The summed E-state index contributed by atoms with van der Waals surface area (Å²) in [6.45, 7) is 2.45. The van der Waals surface area contributed by atoms with E-state index in [1.807, 2.05) is 0 Å². The average molecular weight is 352 g/mol. The Morgan fingerprint density at radius 3 is 1.83 bits per heavy atom. The van der Waals surface area contributed by atoms with Crippen LogP contribution in [0, 0.1) is 0 Å². The van der Waals surface area contributed by atoms with Gasteiger partial charge in [-0.3, -0.25) is 4.99 Å². The van der Waals surface area contributed by atoms with Crippen molar-refractivity contribution in [3.63, 3.8) is 0 Å². The average Bonchev–Trinajstić information content (AvgIpc) is 3.08. The van der Waals surface area contributed by atoms with Crippen molar-refractivity contribution < 1.29 is 0 Å². The maximum atomic E-state index is 5.62. The van der Waals surface area contributed by atoms with Gasteiger partial charge in [0.1, 0.15) is 5.84 Å². The summed E-state index contributed by atoms with van der Waals surface area (Å²) in [4.78, 5) is 4.44. The molecular weight excluding hydrogens is 329 g/mol. The molecule has 0 atom stereocenters. The Morgan fingerprint density at radius 2 is 1.35 bits per heavy atom. The van der Waals surface area contributed by atoms with Gasteiger partial charge in [-0.1, -0.05) is 48.5 Å². The second-order valence-electron chi connectivity index (χ2n) is 5.37. The first-order valence-corrected chi connectivity index (χ1v) is 7.51. The number of rotatable bonds is 5. The molecule has 0 amide bonds. The molecule has 2 aromatic rings. The number of amidine groups is 1. The molecule has 1 aliphatic rings. The van der Waals surface area contributed by atoms with Gasteiger partial charge < -0.3 is 11.1 Å². The topological polar surface area (TPSA) is 50.4 Å². The van der Waals surface area contributed by atoms with Crippen LogP contribution in [-0.4, -0.2) is 18.9 Å². The normalized spacial score (nSPS) is 12.7. The van der Waals surface area contributed by atoms with E-state index in [-0.39, 0.29) is 24.8 Å². The van der Waals surface area contributed by atoms with Crippen LogP contribution in [-0.2, 0) is 19.4 Å². The number of aliphatic imine (C=N–C) groups is 1. The molecule has 124 valence electrons. The van der Waals surface area contributed by atoms with Crippen molar-refractivity contribution in [2.45, 2.75) is 19.4 Å². The third-order valence-corrected chi connectivity index (χ3v) is 3.86. The van der Waals surface area contributed by atoms with E-state index in [0.29, 0.717) is 6.54 Å². The number of halogens is 2. The molecule has 0 spiro atoms. The molecule has 0 bridgehead atoms. The van der Waals surface area contributed by atoms with E-state index in [9.17, 15) is 0 Å². The maximum absolute atomic E-state index is 5.62. The van der Waals surface area contributed by atoms with Gasteiger partial charge in [-0.2, -0.15) is 0 Å². The monoisotopic (exact) mass is 351 g/mol. The highest BCUT2D eigenvalue weighted by molar-refractivity contribution is 5.99. The maximum Gasteiger partial charge on any atom is 0.128 e. The summed E-state index contributed by atoms with van der Waals surface area (Å²) in [6, 6.07) is 17.3. The highest BCUT2D eigenvalue weighted by Gasteiger charge is 2.07. The minimum atomic E-state index is 0. The first-order valence-electron chi connectivity index (χ1n) is 7.51. The molecule has 0 saturated carbocycles. The first-order chi connectivity index (χ1) is 10.3. The Hall–Kier alpha value is -1.55. The van der Waals surface area contributed by atoms with Crippen LogP contribution in [0.5, 0.6) is 0 Å². The lowest BCUT2D eigenvalue weighted by Gasteiger charge is -2.06. The van der Waals surface area contributed by atoms with E-state index in [1.54, 1.807) is 0 Å². The number of hydrogen-bond donors (Lipinski definition) is 2. The van der Waals surface area contributed by atoms with Gasteiger partial charge in [0.15, 0.2) is 0 Å². The molecule has 0 unspecified atom stereocenters. The van der Waals surface area contributed by atoms with Gasteiger partial charge in [-0.15, -0.1) is 24.8 Å². The third-order valence-electron chi connectivity index (χ3n) is 3.86. The molecule has 3 nitrogen and oxygen atoms in total. The Kier molecular flexibility index (Phi) is 8.10. The predicted molar refractivity (Wildman–Crippen MR) is 102 cm³/mol. The number of hydrogen-bond acceptors (Lipinski definition) is 3. The van der Waals surface area contributed by atoms with E-state index in [2.05, 4.69) is 58.8 Å². The predicted octanol–water partition coefficient (Wildman–Crippen LogP) is 3.12. The van der Waals surface area contributed by atoms with Crippen molar-refractivity contribution in [3.05, 3.63) is 70.8 Å². The van der Waals surface area contributed by atoms with Crippen molar-refractivity contribution in [1.29, 1.82) is 0 Å². The molecule has 0 fully saturated rings. The fourth-order valence-electron chi connectivity index (χ4n) is 2.55. The zero-order chi connectivity index (χ0) is 14.5. The molecular formula is C18H23Cl2N3. The fraction of sp³-hybridized carbons (Fsp3) is 0.278. The van der Waals surface area contributed by atoms with Gasteiger partial charge in [-0.05, 0) is 29.5 Å². The minimum Gasteiger partial charge on any atom is -0.368 e. The molecule has 0 saturated heterocycles. The van der Waals surface area contributed by atoms with Crippen LogP contribution in [0.1, 0.15) is 22.3 Å². The highest BCUT2D eigenvalue weighted by atomic mass is 35.5. The summed E-state index contributed by atoms with van der Waals surface area (Å²) in [5, 5.41) is 3.30. The summed E-state index contributed by atoms with van der Waals surface area (Å²) in [7, 11) is 0. The molecule has 0 radical (unpaired) electrons. The van der Waals surface area contributed by atoms with Gasteiger partial charge >= 0.3 is 0 Å².